The largest absolute Gasteiger partial charge is 0.491 e. The van der Waals surface area contributed by atoms with Gasteiger partial charge in [-0.05, 0) is 36.4 Å². The highest BCUT2D eigenvalue weighted by atomic mass is 16.5. The van der Waals surface area contributed by atoms with Crippen LogP contribution in [0.3, 0.4) is 0 Å². The highest BCUT2D eigenvalue weighted by molar-refractivity contribution is 5.88. The Morgan fingerprint density at radius 3 is 2.55 bits per heavy atom. The van der Waals surface area contributed by atoms with E-state index >= 15 is 0 Å². The SMILES string of the molecule is Cn1c(=O)n(CCN2CCN(c3ccc(OCCO)cc3)CC2)c2nc(N)n3nc(-c4ccco4)nc3c21. The molecule has 0 atom stereocenters. The van der Waals surface area contributed by atoms with Crippen molar-refractivity contribution in [3.05, 3.63) is 53.1 Å². The number of imidazole rings is 1. The molecule has 1 aliphatic heterocycles. The van der Waals surface area contributed by atoms with Crippen LogP contribution in [0.15, 0.2) is 51.9 Å². The van der Waals surface area contributed by atoms with Crippen LogP contribution in [-0.4, -0.2) is 84.7 Å². The Morgan fingerprint density at radius 1 is 1.05 bits per heavy atom. The predicted octanol–water partition coefficient (Wildman–Crippen LogP) is 0.813. The Bertz CT molecular complexity index is 1610. The third kappa shape index (κ3) is 4.25. The van der Waals surface area contributed by atoms with Gasteiger partial charge in [-0.2, -0.15) is 9.50 Å². The van der Waals surface area contributed by atoms with E-state index in [4.69, 9.17) is 20.0 Å². The molecule has 0 saturated carbocycles. The molecular weight excluding hydrogens is 490 g/mol. The quantitative estimate of drug-likeness (QED) is 0.302. The molecule has 3 N–H and O–H groups in total. The minimum absolute atomic E-state index is 0.00428. The molecule has 1 fully saturated rings. The second-order valence-electron chi connectivity index (χ2n) is 9.18. The van der Waals surface area contributed by atoms with Crippen LogP contribution in [-0.2, 0) is 13.6 Å². The van der Waals surface area contributed by atoms with Crippen molar-refractivity contribution in [3.8, 4) is 17.3 Å². The Labute approximate surface area is 217 Å². The second-order valence-corrected chi connectivity index (χ2v) is 9.18. The highest BCUT2D eigenvalue weighted by Gasteiger charge is 2.23. The number of nitrogens with two attached hydrogens (primary N) is 1. The number of hydrogen-bond acceptors (Lipinski definition) is 10. The van der Waals surface area contributed by atoms with Gasteiger partial charge in [0, 0.05) is 52.0 Å². The number of nitrogen functional groups attached to an aromatic ring is 1. The number of furan rings is 1. The average molecular weight is 520 g/mol. The van der Waals surface area contributed by atoms with E-state index in [1.165, 1.54) is 4.52 Å². The summed E-state index contributed by atoms with van der Waals surface area (Å²) in [6.07, 6.45) is 1.55. The fourth-order valence-electron chi connectivity index (χ4n) is 4.89. The first kappa shape index (κ1) is 24.0. The van der Waals surface area contributed by atoms with Crippen LogP contribution in [0, 0.1) is 0 Å². The molecule has 38 heavy (non-hydrogen) atoms. The third-order valence-electron chi connectivity index (χ3n) is 6.89. The zero-order valence-electron chi connectivity index (χ0n) is 21.0. The fraction of sp³-hybridized carbons (Fsp3) is 0.360. The van der Waals surface area contributed by atoms with Crippen LogP contribution in [0.1, 0.15) is 0 Å². The number of fused-ring (bicyclic) bond motifs is 3. The van der Waals surface area contributed by atoms with Crippen molar-refractivity contribution >= 4 is 28.4 Å². The number of aryl methyl sites for hydroxylation is 1. The predicted molar refractivity (Wildman–Crippen MR) is 141 cm³/mol. The number of aliphatic hydroxyl groups excluding tert-OH is 1. The number of rotatable bonds is 8. The van der Waals surface area contributed by atoms with Gasteiger partial charge in [-0.15, -0.1) is 5.10 Å². The Morgan fingerprint density at radius 2 is 1.84 bits per heavy atom. The Balaban J connectivity index is 1.17. The van der Waals surface area contributed by atoms with Gasteiger partial charge in [-0.3, -0.25) is 14.0 Å². The smallest absolute Gasteiger partial charge is 0.330 e. The lowest BCUT2D eigenvalue weighted by Gasteiger charge is -2.36. The monoisotopic (exact) mass is 519 g/mol. The topological polar surface area (TPSA) is 145 Å². The molecule has 4 aromatic heterocycles. The Kier molecular flexibility index (Phi) is 6.21. The van der Waals surface area contributed by atoms with E-state index < -0.39 is 0 Å². The summed E-state index contributed by atoms with van der Waals surface area (Å²) < 4.78 is 15.5. The number of anilines is 2. The number of hydrogen-bond donors (Lipinski definition) is 2. The average Bonchev–Trinajstić information content (AvgIpc) is 3.67. The van der Waals surface area contributed by atoms with Crippen LogP contribution in [0.5, 0.6) is 5.75 Å². The number of nitrogens with zero attached hydrogens (tertiary/aromatic N) is 8. The zero-order chi connectivity index (χ0) is 26.2. The maximum Gasteiger partial charge on any atom is 0.330 e. The summed E-state index contributed by atoms with van der Waals surface area (Å²) in [5.74, 6) is 1.78. The first-order chi connectivity index (χ1) is 18.5. The lowest BCUT2D eigenvalue weighted by atomic mass is 10.2. The van der Waals surface area contributed by atoms with Crippen LogP contribution < -0.4 is 21.1 Å². The Hall–Kier alpha value is -4.36. The van der Waals surface area contributed by atoms with E-state index in [0.29, 0.717) is 41.5 Å². The first-order valence-corrected chi connectivity index (χ1v) is 12.5. The summed E-state index contributed by atoms with van der Waals surface area (Å²) in [7, 11) is 1.71. The number of piperazine rings is 1. The molecule has 0 amide bonds. The molecule has 1 saturated heterocycles. The molecule has 13 nitrogen and oxygen atoms in total. The molecule has 0 unspecified atom stereocenters. The van der Waals surface area contributed by atoms with Crippen LogP contribution in [0.25, 0.3) is 28.4 Å². The van der Waals surface area contributed by atoms with E-state index in [9.17, 15) is 4.79 Å². The number of ether oxygens (including phenoxy) is 1. The van der Waals surface area contributed by atoms with Crippen LogP contribution >= 0.6 is 0 Å². The van der Waals surface area contributed by atoms with Crippen molar-refractivity contribution in [3.63, 3.8) is 0 Å². The summed E-state index contributed by atoms with van der Waals surface area (Å²) in [6, 6.07) is 11.4. The van der Waals surface area contributed by atoms with Crippen molar-refractivity contribution in [1.82, 2.24) is 33.6 Å². The van der Waals surface area contributed by atoms with Crippen molar-refractivity contribution in [2.45, 2.75) is 6.54 Å². The standard InChI is InChI=1S/C25H29N9O4/c1-30-20-22(28-24(26)34-23(20)27-21(29-34)19-3-2-15-38-19)33(25(30)36)13-10-31-8-11-32(12-9-31)17-4-6-18(7-5-17)37-16-14-35/h2-7,15,35H,8-14,16H2,1H3,(H2,26,28). The molecule has 0 radical (unpaired) electrons. The minimum atomic E-state index is -0.176. The molecule has 1 aromatic carbocycles. The van der Waals surface area contributed by atoms with E-state index in [-0.39, 0.29) is 24.9 Å². The second kappa shape index (κ2) is 9.84. The van der Waals surface area contributed by atoms with Crippen molar-refractivity contribution in [2.75, 3.05) is 56.6 Å². The molecule has 5 aromatic rings. The molecule has 1 aliphatic rings. The molecule has 0 bridgehead atoms. The fourth-order valence-corrected chi connectivity index (χ4v) is 4.89. The normalized spacial score (nSPS) is 14.6. The van der Waals surface area contributed by atoms with Crippen molar-refractivity contribution in [1.29, 1.82) is 0 Å². The third-order valence-corrected chi connectivity index (χ3v) is 6.89. The van der Waals surface area contributed by atoms with Gasteiger partial charge in [0.25, 0.3) is 0 Å². The summed E-state index contributed by atoms with van der Waals surface area (Å²) in [6.45, 7) is 4.97. The lowest BCUT2D eigenvalue weighted by Crippen LogP contribution is -2.47. The summed E-state index contributed by atoms with van der Waals surface area (Å²) in [5.41, 5.74) is 8.70. The first-order valence-electron chi connectivity index (χ1n) is 12.5. The van der Waals surface area contributed by atoms with E-state index in [2.05, 4.69) is 24.9 Å². The van der Waals surface area contributed by atoms with Gasteiger partial charge in [0.05, 0.1) is 12.9 Å². The maximum absolute atomic E-state index is 13.2. The van der Waals surface area contributed by atoms with Crippen molar-refractivity contribution < 1.29 is 14.3 Å². The van der Waals surface area contributed by atoms with Gasteiger partial charge in [0.1, 0.15) is 17.9 Å². The van der Waals surface area contributed by atoms with Gasteiger partial charge >= 0.3 is 5.69 Å². The van der Waals surface area contributed by atoms with Gasteiger partial charge in [-0.1, -0.05) is 0 Å². The number of benzene rings is 1. The maximum atomic E-state index is 13.2. The summed E-state index contributed by atoms with van der Waals surface area (Å²) in [4.78, 5) is 27.0. The van der Waals surface area contributed by atoms with Crippen LogP contribution in [0.2, 0.25) is 0 Å². The van der Waals surface area contributed by atoms with Gasteiger partial charge in [0.15, 0.2) is 17.1 Å². The van der Waals surface area contributed by atoms with Gasteiger partial charge < -0.3 is 24.9 Å². The number of aliphatic hydroxyl groups is 1. The molecule has 0 aliphatic carbocycles. The number of aromatic nitrogens is 6. The summed E-state index contributed by atoms with van der Waals surface area (Å²) >= 11 is 0. The van der Waals surface area contributed by atoms with E-state index in [0.717, 1.165) is 37.6 Å². The highest BCUT2D eigenvalue weighted by Crippen LogP contribution is 2.24. The van der Waals surface area contributed by atoms with E-state index in [1.54, 1.807) is 34.6 Å². The molecular formula is C25H29N9O4. The van der Waals surface area contributed by atoms with Crippen molar-refractivity contribution in [2.24, 2.45) is 7.05 Å². The van der Waals surface area contributed by atoms with Gasteiger partial charge in [-0.25, -0.2) is 9.78 Å². The lowest BCUT2D eigenvalue weighted by molar-refractivity contribution is 0.201. The zero-order valence-corrected chi connectivity index (χ0v) is 21.0. The van der Waals surface area contributed by atoms with Crippen LogP contribution in [0.4, 0.5) is 11.6 Å². The molecule has 6 rings (SSSR count). The molecule has 13 heteroatoms. The van der Waals surface area contributed by atoms with Gasteiger partial charge in [0.2, 0.25) is 11.8 Å². The molecule has 0 spiro atoms. The van der Waals surface area contributed by atoms with E-state index in [1.807, 2.05) is 24.3 Å². The summed E-state index contributed by atoms with van der Waals surface area (Å²) in [5, 5.41) is 13.3. The minimum Gasteiger partial charge on any atom is -0.491 e. The molecule has 198 valence electrons. The molecule has 5 heterocycles.